The average Bonchev–Trinajstić information content (AvgIpc) is 2.20. The summed E-state index contributed by atoms with van der Waals surface area (Å²) in [6.45, 7) is 2.62. The molecule has 8 heteroatoms. The van der Waals surface area contributed by atoms with E-state index in [1.807, 2.05) is 0 Å². The Morgan fingerprint density at radius 1 is 0.789 bits per heavy atom. The number of unbranched alkanes of at least 4 members (excludes halogenated alkanes) is 8. The Morgan fingerprint density at radius 2 is 1.05 bits per heavy atom. The molecular weight excluding hydrogens is 322 g/mol. The molecule has 0 rings (SSSR count). The van der Waals surface area contributed by atoms with Crippen molar-refractivity contribution in [3.63, 3.8) is 0 Å². The Hall–Kier alpha value is 3.10. The van der Waals surface area contributed by atoms with Crippen molar-refractivity contribution in [2.45, 2.75) is 64.7 Å². The number of hydrogen-bond donors (Lipinski definition) is 1. The maximum absolute atomic E-state index is 8.54. The summed E-state index contributed by atoms with van der Waals surface area (Å²) in [7, 11) is -5.17. The summed E-state index contributed by atoms with van der Waals surface area (Å²) >= 11 is 0. The van der Waals surface area contributed by atoms with Gasteiger partial charge in [-0.2, -0.15) is 0 Å². The number of aliphatic hydroxyl groups is 1. The van der Waals surface area contributed by atoms with Gasteiger partial charge < -0.3 is 14.2 Å². The minimum Gasteiger partial charge on any atom is -0.759 e. The van der Waals surface area contributed by atoms with E-state index in [9.17, 15) is 0 Å². The minimum atomic E-state index is -5.17. The van der Waals surface area contributed by atoms with Crippen molar-refractivity contribution in [1.82, 2.24) is 0 Å². The molecule has 0 aromatic carbocycles. The fourth-order valence-electron chi connectivity index (χ4n) is 1.42. The van der Waals surface area contributed by atoms with Gasteiger partial charge in [0.05, 0.1) is 0 Å². The fourth-order valence-corrected chi connectivity index (χ4v) is 1.42. The van der Waals surface area contributed by atoms with Crippen molar-refractivity contribution in [2.24, 2.45) is 0 Å². The summed E-state index contributed by atoms with van der Waals surface area (Å²) in [6, 6.07) is 0. The minimum absolute atomic E-state index is 0. The molecule has 0 heterocycles. The van der Waals surface area contributed by atoms with Crippen LogP contribution in [-0.2, 0) is 10.4 Å². The smallest absolute Gasteiger partial charge is 0.759 e. The van der Waals surface area contributed by atoms with E-state index in [-0.39, 0.29) is 103 Å². The maximum atomic E-state index is 8.54. The molecule has 0 unspecified atom stereocenters. The van der Waals surface area contributed by atoms with Crippen LogP contribution in [-0.4, -0.2) is 29.2 Å². The van der Waals surface area contributed by atoms with Crippen LogP contribution in [0.15, 0.2) is 0 Å². The van der Waals surface area contributed by atoms with Gasteiger partial charge in [-0.25, -0.2) is 0 Å². The van der Waals surface area contributed by atoms with Gasteiger partial charge in [-0.3, -0.25) is 8.42 Å². The third kappa shape index (κ3) is 52.6. The van der Waals surface area contributed by atoms with E-state index in [2.05, 4.69) is 6.92 Å². The summed E-state index contributed by atoms with van der Waals surface area (Å²) in [5.41, 5.74) is 0. The van der Waals surface area contributed by atoms with Gasteiger partial charge in [-0.05, 0) is 6.42 Å². The van der Waals surface area contributed by atoms with E-state index in [0.29, 0.717) is 6.61 Å². The van der Waals surface area contributed by atoms with Crippen LogP contribution in [0.25, 0.3) is 0 Å². The first kappa shape index (κ1) is 30.0. The van der Waals surface area contributed by atoms with E-state index >= 15 is 0 Å². The van der Waals surface area contributed by atoms with Gasteiger partial charge >= 0.3 is 103 Å². The number of rotatable bonds is 9. The van der Waals surface area contributed by atoms with Crippen LogP contribution in [0.1, 0.15) is 64.7 Å². The van der Waals surface area contributed by atoms with Crippen LogP contribution in [0.3, 0.4) is 0 Å². The van der Waals surface area contributed by atoms with Gasteiger partial charge in [0.1, 0.15) is 0 Å². The standard InChI is InChI=1S/C11H24O.2K.H2O4S/c1-2-3-4-5-6-7-8-9-10-11-12;;;1-5(2,3)4/h12H,2-11H2,1H3;;;(H2,1,2,3,4)/q;2*+1;/p-2. The van der Waals surface area contributed by atoms with Crippen molar-refractivity contribution >= 4 is 10.4 Å². The van der Waals surface area contributed by atoms with E-state index in [4.69, 9.17) is 22.6 Å². The van der Waals surface area contributed by atoms with Gasteiger partial charge in [-0.1, -0.05) is 58.3 Å². The van der Waals surface area contributed by atoms with Crippen molar-refractivity contribution in [1.29, 1.82) is 0 Å². The second-order valence-corrected chi connectivity index (χ2v) is 4.78. The Kier molecular flexibility index (Phi) is 36.9. The van der Waals surface area contributed by atoms with Gasteiger partial charge in [0.15, 0.2) is 0 Å². The van der Waals surface area contributed by atoms with Gasteiger partial charge in [-0.15, -0.1) is 0 Å². The SMILES string of the molecule is CCCCCCCCCCCO.O=S(=O)([O-])[O-].[K+].[K+]. The van der Waals surface area contributed by atoms with E-state index in [0.717, 1.165) is 6.42 Å². The molecule has 0 bridgehead atoms. The predicted molar refractivity (Wildman–Crippen MR) is 64.8 cm³/mol. The molecule has 0 aromatic heterocycles. The Labute approximate surface area is 203 Å². The molecule has 0 aliphatic rings. The maximum Gasteiger partial charge on any atom is 1.00 e. The normalized spacial score (nSPS) is 9.68. The number of hydrogen-bond acceptors (Lipinski definition) is 5. The Bertz CT molecular complexity index is 217. The summed E-state index contributed by atoms with van der Waals surface area (Å²) < 4.78 is 34.1. The summed E-state index contributed by atoms with van der Waals surface area (Å²) in [4.78, 5) is 0. The molecule has 106 valence electrons. The van der Waals surface area contributed by atoms with Gasteiger partial charge in [0, 0.05) is 17.0 Å². The second kappa shape index (κ2) is 23.4. The zero-order valence-corrected chi connectivity index (χ0v) is 19.6. The molecular formula is C11H24K2O5S. The first-order valence-corrected chi connectivity index (χ1v) is 7.52. The first-order valence-electron chi connectivity index (χ1n) is 6.19. The van der Waals surface area contributed by atoms with Crippen LogP contribution in [0.2, 0.25) is 0 Å². The zero-order chi connectivity index (χ0) is 13.6. The van der Waals surface area contributed by atoms with E-state index in [1.54, 1.807) is 0 Å². The fraction of sp³-hybridized carbons (Fsp3) is 1.00. The van der Waals surface area contributed by atoms with Crippen molar-refractivity contribution < 1.29 is 125 Å². The van der Waals surface area contributed by atoms with Crippen LogP contribution < -0.4 is 103 Å². The van der Waals surface area contributed by atoms with Crippen LogP contribution in [0.4, 0.5) is 0 Å². The molecule has 5 nitrogen and oxygen atoms in total. The summed E-state index contributed by atoms with van der Waals surface area (Å²) in [6.07, 6.45) is 11.8. The average molecular weight is 347 g/mol. The quantitative estimate of drug-likeness (QED) is 0.200. The predicted octanol–water partition coefficient (Wildman–Crippen LogP) is -3.82. The van der Waals surface area contributed by atoms with E-state index in [1.165, 1.54) is 51.4 Å². The molecule has 0 aliphatic heterocycles. The molecule has 19 heavy (non-hydrogen) atoms. The Morgan fingerprint density at radius 3 is 1.32 bits per heavy atom. The summed E-state index contributed by atoms with van der Waals surface area (Å²) in [5.74, 6) is 0. The largest absolute Gasteiger partial charge is 1.00 e. The van der Waals surface area contributed by atoms with Crippen LogP contribution in [0, 0.1) is 0 Å². The zero-order valence-electron chi connectivity index (χ0n) is 12.6. The summed E-state index contributed by atoms with van der Waals surface area (Å²) in [5, 5.41) is 8.54. The van der Waals surface area contributed by atoms with Crippen LogP contribution >= 0.6 is 0 Å². The number of aliphatic hydroxyl groups excluding tert-OH is 1. The third-order valence-electron chi connectivity index (χ3n) is 2.26. The molecule has 0 spiro atoms. The second-order valence-electron chi connectivity index (χ2n) is 3.96. The van der Waals surface area contributed by atoms with Crippen molar-refractivity contribution in [3.8, 4) is 0 Å². The molecule has 0 radical (unpaired) electrons. The molecule has 0 saturated heterocycles. The molecule has 0 saturated carbocycles. The van der Waals surface area contributed by atoms with Crippen LogP contribution in [0.5, 0.6) is 0 Å². The van der Waals surface area contributed by atoms with Crippen molar-refractivity contribution in [3.05, 3.63) is 0 Å². The molecule has 0 aliphatic carbocycles. The monoisotopic (exact) mass is 346 g/mol. The first-order chi connectivity index (χ1) is 7.91. The molecule has 0 aromatic rings. The molecule has 0 fully saturated rings. The van der Waals surface area contributed by atoms with Gasteiger partial charge in [0.25, 0.3) is 0 Å². The molecule has 0 amide bonds. The third-order valence-corrected chi connectivity index (χ3v) is 2.26. The van der Waals surface area contributed by atoms with Crippen molar-refractivity contribution in [2.75, 3.05) is 6.61 Å². The topological polar surface area (TPSA) is 100 Å². The molecule has 1 N–H and O–H groups in total. The van der Waals surface area contributed by atoms with Gasteiger partial charge in [0.2, 0.25) is 0 Å². The molecule has 0 atom stereocenters. The Balaban J connectivity index is -0.000000139. The van der Waals surface area contributed by atoms with E-state index < -0.39 is 10.4 Å².